The van der Waals surface area contributed by atoms with Gasteiger partial charge >= 0.3 is 0 Å². The molecular weight excluding hydrogens is 260 g/mol. The SMILES string of the molecule is CC(C)CC(C)(CN)NC(=O)c1cnns1.Cl. The predicted octanol–water partition coefficient (Wildman–Crippen LogP) is 1.45. The zero-order chi connectivity index (χ0) is 12.2. The van der Waals surface area contributed by atoms with Gasteiger partial charge in [0.1, 0.15) is 4.88 Å². The highest BCUT2D eigenvalue weighted by atomic mass is 35.5. The van der Waals surface area contributed by atoms with Gasteiger partial charge in [-0.05, 0) is 30.8 Å². The Morgan fingerprint density at radius 1 is 1.65 bits per heavy atom. The molecule has 0 bridgehead atoms. The van der Waals surface area contributed by atoms with E-state index in [1.807, 2.05) is 6.92 Å². The summed E-state index contributed by atoms with van der Waals surface area (Å²) < 4.78 is 3.66. The highest BCUT2D eigenvalue weighted by Gasteiger charge is 2.26. The second-order valence-corrected chi connectivity index (χ2v) is 5.38. The number of hydrogen-bond acceptors (Lipinski definition) is 5. The molecule has 0 aromatic carbocycles. The van der Waals surface area contributed by atoms with Gasteiger partial charge in [-0.3, -0.25) is 4.79 Å². The monoisotopic (exact) mass is 278 g/mol. The van der Waals surface area contributed by atoms with Crippen molar-refractivity contribution in [2.24, 2.45) is 11.7 Å². The first-order chi connectivity index (χ1) is 7.47. The number of amides is 1. The molecule has 1 unspecified atom stereocenters. The number of nitrogens with one attached hydrogen (secondary N) is 1. The molecule has 3 N–H and O–H groups in total. The first-order valence-corrected chi connectivity index (χ1v) is 6.04. The summed E-state index contributed by atoms with van der Waals surface area (Å²) in [6.07, 6.45) is 2.31. The lowest BCUT2D eigenvalue weighted by molar-refractivity contribution is 0.0902. The molecule has 0 fully saturated rings. The van der Waals surface area contributed by atoms with Crippen molar-refractivity contribution >= 4 is 29.8 Å². The first-order valence-electron chi connectivity index (χ1n) is 5.27. The second-order valence-electron chi connectivity index (χ2n) is 4.60. The van der Waals surface area contributed by atoms with Crippen LogP contribution in [-0.4, -0.2) is 27.6 Å². The van der Waals surface area contributed by atoms with Gasteiger partial charge in [0.15, 0.2) is 0 Å². The van der Waals surface area contributed by atoms with Crippen LogP contribution in [0.15, 0.2) is 6.20 Å². The van der Waals surface area contributed by atoms with Crippen molar-refractivity contribution in [1.82, 2.24) is 14.9 Å². The lowest BCUT2D eigenvalue weighted by atomic mass is 9.90. The normalized spacial score (nSPS) is 13.9. The van der Waals surface area contributed by atoms with Gasteiger partial charge in [0, 0.05) is 6.54 Å². The van der Waals surface area contributed by atoms with E-state index in [-0.39, 0.29) is 23.9 Å². The van der Waals surface area contributed by atoms with Crippen molar-refractivity contribution in [2.75, 3.05) is 6.54 Å². The summed E-state index contributed by atoms with van der Waals surface area (Å²) in [5.74, 6) is 0.331. The molecule has 1 aromatic heterocycles. The molecule has 0 radical (unpaired) electrons. The van der Waals surface area contributed by atoms with Crippen molar-refractivity contribution in [3.8, 4) is 0 Å². The molecule has 1 aromatic rings. The highest BCUT2D eigenvalue weighted by Crippen LogP contribution is 2.16. The van der Waals surface area contributed by atoms with Crippen molar-refractivity contribution in [3.05, 3.63) is 11.1 Å². The number of halogens is 1. The van der Waals surface area contributed by atoms with Gasteiger partial charge in [0.25, 0.3) is 5.91 Å². The van der Waals surface area contributed by atoms with E-state index in [4.69, 9.17) is 5.73 Å². The van der Waals surface area contributed by atoms with Crippen LogP contribution < -0.4 is 11.1 Å². The summed E-state index contributed by atoms with van der Waals surface area (Å²) in [6.45, 7) is 6.59. The molecule has 0 aliphatic carbocycles. The molecule has 17 heavy (non-hydrogen) atoms. The fraction of sp³-hybridized carbons (Fsp3) is 0.700. The zero-order valence-electron chi connectivity index (χ0n) is 10.3. The maximum absolute atomic E-state index is 11.8. The number of hydrogen-bond donors (Lipinski definition) is 2. The van der Waals surface area contributed by atoms with Crippen LogP contribution in [0.3, 0.4) is 0 Å². The van der Waals surface area contributed by atoms with Crippen LogP contribution >= 0.6 is 23.9 Å². The van der Waals surface area contributed by atoms with E-state index in [1.54, 1.807) is 0 Å². The van der Waals surface area contributed by atoms with Crippen molar-refractivity contribution in [2.45, 2.75) is 32.7 Å². The van der Waals surface area contributed by atoms with E-state index >= 15 is 0 Å². The Kier molecular flexibility index (Phi) is 6.59. The average molecular weight is 279 g/mol. The highest BCUT2D eigenvalue weighted by molar-refractivity contribution is 7.07. The summed E-state index contributed by atoms with van der Waals surface area (Å²) >= 11 is 1.09. The quantitative estimate of drug-likeness (QED) is 0.854. The number of rotatable bonds is 5. The van der Waals surface area contributed by atoms with Crippen LogP contribution in [0, 0.1) is 5.92 Å². The summed E-state index contributed by atoms with van der Waals surface area (Å²) in [4.78, 5) is 12.3. The van der Waals surface area contributed by atoms with E-state index in [1.165, 1.54) is 6.20 Å². The lowest BCUT2D eigenvalue weighted by Gasteiger charge is -2.30. The van der Waals surface area contributed by atoms with Gasteiger partial charge in [0.2, 0.25) is 0 Å². The maximum Gasteiger partial charge on any atom is 0.265 e. The molecule has 0 spiro atoms. The third kappa shape index (κ3) is 4.97. The van der Waals surface area contributed by atoms with Gasteiger partial charge in [-0.25, -0.2) is 0 Å². The molecule has 1 heterocycles. The summed E-state index contributed by atoms with van der Waals surface area (Å²) in [5, 5.41) is 6.58. The molecule has 0 saturated carbocycles. The summed E-state index contributed by atoms with van der Waals surface area (Å²) in [6, 6.07) is 0. The van der Waals surface area contributed by atoms with Crippen LogP contribution in [-0.2, 0) is 0 Å². The Labute approximate surface area is 112 Å². The molecule has 7 heteroatoms. The third-order valence-corrected chi connectivity index (χ3v) is 2.97. The second kappa shape index (κ2) is 6.88. The van der Waals surface area contributed by atoms with E-state index in [0.717, 1.165) is 18.0 Å². The van der Waals surface area contributed by atoms with Crippen LogP contribution in [0.1, 0.15) is 36.9 Å². The Morgan fingerprint density at radius 3 is 2.71 bits per heavy atom. The standard InChI is InChI=1S/C10H18N4OS.ClH/c1-7(2)4-10(3,6-11)13-9(15)8-5-12-14-16-8;/h5,7H,4,6,11H2,1-3H3,(H,13,15);1H. The van der Waals surface area contributed by atoms with Crippen LogP contribution in [0.4, 0.5) is 0 Å². The fourth-order valence-electron chi connectivity index (χ4n) is 1.69. The zero-order valence-corrected chi connectivity index (χ0v) is 11.9. The van der Waals surface area contributed by atoms with Crippen LogP contribution in [0.2, 0.25) is 0 Å². The molecule has 1 rings (SSSR count). The van der Waals surface area contributed by atoms with Gasteiger partial charge < -0.3 is 11.1 Å². The molecule has 0 aliphatic rings. The Hall–Kier alpha value is -0.720. The summed E-state index contributed by atoms with van der Waals surface area (Å²) in [7, 11) is 0. The van der Waals surface area contributed by atoms with Gasteiger partial charge in [-0.15, -0.1) is 17.5 Å². The smallest absolute Gasteiger partial charge is 0.265 e. The number of carbonyl (C=O) groups is 1. The average Bonchev–Trinajstić information content (AvgIpc) is 2.69. The molecule has 5 nitrogen and oxygen atoms in total. The maximum atomic E-state index is 11.8. The van der Waals surface area contributed by atoms with Crippen LogP contribution in [0.5, 0.6) is 0 Å². The first kappa shape index (κ1) is 16.3. The largest absolute Gasteiger partial charge is 0.345 e. The van der Waals surface area contributed by atoms with E-state index in [2.05, 4.69) is 28.8 Å². The Bertz CT molecular complexity index is 344. The van der Waals surface area contributed by atoms with Crippen LogP contribution in [0.25, 0.3) is 0 Å². The number of nitrogens with zero attached hydrogens (tertiary/aromatic N) is 2. The van der Waals surface area contributed by atoms with Crippen molar-refractivity contribution in [3.63, 3.8) is 0 Å². The molecule has 0 aliphatic heterocycles. The van der Waals surface area contributed by atoms with E-state index in [0.29, 0.717) is 17.3 Å². The third-order valence-electron chi connectivity index (χ3n) is 2.31. The molecule has 0 saturated heterocycles. The topological polar surface area (TPSA) is 80.9 Å². The van der Waals surface area contributed by atoms with Gasteiger partial charge in [-0.1, -0.05) is 18.3 Å². The minimum Gasteiger partial charge on any atom is -0.345 e. The van der Waals surface area contributed by atoms with Gasteiger partial charge in [-0.2, -0.15) is 0 Å². The number of nitrogens with two attached hydrogens (primary N) is 1. The molecular formula is C10H19ClN4OS. The molecule has 98 valence electrons. The Balaban J connectivity index is 0.00000256. The predicted molar refractivity (Wildman–Crippen MR) is 71.5 cm³/mol. The van der Waals surface area contributed by atoms with Crippen molar-refractivity contribution in [1.29, 1.82) is 0 Å². The van der Waals surface area contributed by atoms with E-state index < -0.39 is 0 Å². The lowest BCUT2D eigenvalue weighted by Crippen LogP contribution is -2.52. The molecule has 1 amide bonds. The minimum absolute atomic E-state index is 0. The summed E-state index contributed by atoms with van der Waals surface area (Å²) in [5.41, 5.74) is 5.35. The van der Waals surface area contributed by atoms with Crippen molar-refractivity contribution < 1.29 is 4.79 Å². The fourth-order valence-corrected chi connectivity index (χ4v) is 2.10. The minimum atomic E-state index is -0.366. The molecule has 1 atom stereocenters. The number of carbonyl (C=O) groups excluding carboxylic acids is 1. The Morgan fingerprint density at radius 2 is 2.29 bits per heavy atom. The van der Waals surface area contributed by atoms with E-state index in [9.17, 15) is 4.79 Å². The van der Waals surface area contributed by atoms with Gasteiger partial charge in [0.05, 0.1) is 11.7 Å². The number of aromatic nitrogens is 2.